The summed E-state index contributed by atoms with van der Waals surface area (Å²) in [5.74, 6) is -4.17. The number of imide groups is 2. The number of carbonyl (C=O) groups is 5. The van der Waals surface area contributed by atoms with Gasteiger partial charge in [-0.3, -0.25) is 29.4 Å². The molecule has 4 aliphatic rings. The molecule has 10 heteroatoms. The molecule has 0 saturated carbocycles. The molecule has 172 valence electrons. The summed E-state index contributed by atoms with van der Waals surface area (Å²) in [5.41, 5.74) is -2.32. The maximum atomic E-state index is 13.6. The standard InChI is InChI=1S/C22H28N4O6/c1-21(2,3)26-18(29)13-5-4-8-22(16(13)19(26)30,14-6-7-15(27)24-17(14)28)32-20(31)25-11-9-23-10-12-25/h4-5,8,14,16,23H,6-7,9-12H2,1-3H3,(H,24,27,28). The summed E-state index contributed by atoms with van der Waals surface area (Å²) in [6.45, 7) is 7.27. The SMILES string of the molecule is CC(C)(C)N1C(=O)C2=CC=CC(OC(=O)N3CCNCC3)(C3CCC(=O)NC3=O)C2C1=O. The van der Waals surface area contributed by atoms with Crippen LogP contribution in [0.15, 0.2) is 23.8 Å². The Bertz CT molecular complexity index is 943. The van der Waals surface area contributed by atoms with Gasteiger partial charge < -0.3 is 15.0 Å². The average Bonchev–Trinajstić information content (AvgIpc) is 3.00. The summed E-state index contributed by atoms with van der Waals surface area (Å²) in [4.78, 5) is 67.3. The Morgan fingerprint density at radius 2 is 1.84 bits per heavy atom. The minimum atomic E-state index is -1.70. The van der Waals surface area contributed by atoms with Crippen LogP contribution in [0.25, 0.3) is 0 Å². The molecule has 1 aliphatic carbocycles. The molecule has 2 N–H and O–H groups in total. The first-order valence-corrected chi connectivity index (χ1v) is 10.9. The Morgan fingerprint density at radius 3 is 2.47 bits per heavy atom. The van der Waals surface area contributed by atoms with Crippen LogP contribution in [0.2, 0.25) is 0 Å². The van der Waals surface area contributed by atoms with E-state index in [0.717, 1.165) is 4.90 Å². The minimum absolute atomic E-state index is 0.0497. The second-order valence-electron chi connectivity index (χ2n) is 9.53. The summed E-state index contributed by atoms with van der Waals surface area (Å²) in [7, 11) is 0. The van der Waals surface area contributed by atoms with Gasteiger partial charge in [0.1, 0.15) is 5.92 Å². The van der Waals surface area contributed by atoms with E-state index in [0.29, 0.717) is 26.2 Å². The van der Waals surface area contributed by atoms with Crippen molar-refractivity contribution in [3.05, 3.63) is 23.8 Å². The van der Waals surface area contributed by atoms with Gasteiger partial charge in [-0.25, -0.2) is 4.79 Å². The van der Waals surface area contributed by atoms with Crippen LogP contribution in [0, 0.1) is 11.8 Å². The highest BCUT2D eigenvalue weighted by atomic mass is 16.6. The van der Waals surface area contributed by atoms with Crippen molar-refractivity contribution in [2.45, 2.75) is 44.8 Å². The molecular formula is C22H28N4O6. The predicted octanol–water partition coefficient (Wildman–Crippen LogP) is 0.0995. The second kappa shape index (κ2) is 7.84. The lowest BCUT2D eigenvalue weighted by atomic mass is 9.68. The van der Waals surface area contributed by atoms with E-state index >= 15 is 0 Å². The van der Waals surface area contributed by atoms with Gasteiger partial charge in [-0.05, 0) is 33.3 Å². The zero-order chi connectivity index (χ0) is 23.3. The summed E-state index contributed by atoms with van der Waals surface area (Å²) in [5, 5.41) is 5.45. The summed E-state index contributed by atoms with van der Waals surface area (Å²) < 4.78 is 6.02. The molecule has 10 nitrogen and oxygen atoms in total. The number of piperidine rings is 1. The van der Waals surface area contributed by atoms with E-state index in [-0.39, 0.29) is 18.4 Å². The van der Waals surface area contributed by atoms with Crippen LogP contribution in [0.1, 0.15) is 33.6 Å². The number of carbonyl (C=O) groups excluding carboxylic acids is 5. The van der Waals surface area contributed by atoms with Crippen LogP contribution < -0.4 is 10.6 Å². The number of nitrogens with one attached hydrogen (secondary N) is 2. The van der Waals surface area contributed by atoms with Gasteiger partial charge in [0, 0.05) is 43.7 Å². The smallest absolute Gasteiger partial charge is 0.410 e. The third-order valence-corrected chi connectivity index (χ3v) is 6.41. The Labute approximate surface area is 186 Å². The van der Waals surface area contributed by atoms with Crippen LogP contribution in [-0.4, -0.2) is 76.8 Å². The first-order valence-electron chi connectivity index (χ1n) is 10.9. The monoisotopic (exact) mass is 444 g/mol. The summed E-state index contributed by atoms with van der Waals surface area (Å²) in [6, 6.07) is 0. The number of ether oxygens (including phenoxy) is 1. The van der Waals surface area contributed by atoms with Gasteiger partial charge in [0.15, 0.2) is 5.60 Å². The Kier molecular flexibility index (Phi) is 5.44. The third kappa shape index (κ3) is 3.52. The van der Waals surface area contributed by atoms with Gasteiger partial charge in [-0.15, -0.1) is 0 Å². The second-order valence-corrected chi connectivity index (χ2v) is 9.53. The minimum Gasteiger partial charge on any atom is -0.436 e. The Hall–Kier alpha value is -3.01. The van der Waals surface area contributed by atoms with Crippen LogP contribution in [0.5, 0.6) is 0 Å². The fourth-order valence-electron chi connectivity index (χ4n) is 4.92. The van der Waals surface area contributed by atoms with Crippen molar-refractivity contribution >= 4 is 29.7 Å². The van der Waals surface area contributed by atoms with Crippen LogP contribution >= 0.6 is 0 Å². The predicted molar refractivity (Wildman–Crippen MR) is 112 cm³/mol. The molecule has 0 radical (unpaired) electrons. The van der Waals surface area contributed by atoms with Crippen LogP contribution in [0.4, 0.5) is 4.79 Å². The number of amides is 5. The molecular weight excluding hydrogens is 416 g/mol. The summed E-state index contributed by atoms with van der Waals surface area (Å²) >= 11 is 0. The number of likely N-dealkylation sites (tertiary alicyclic amines) is 1. The zero-order valence-electron chi connectivity index (χ0n) is 18.5. The molecule has 0 aromatic rings. The maximum Gasteiger partial charge on any atom is 0.410 e. The van der Waals surface area contributed by atoms with Crippen molar-refractivity contribution in [2.24, 2.45) is 11.8 Å². The van der Waals surface area contributed by atoms with Gasteiger partial charge in [0.25, 0.3) is 5.91 Å². The van der Waals surface area contributed by atoms with Crippen molar-refractivity contribution in [1.29, 1.82) is 0 Å². The van der Waals surface area contributed by atoms with Gasteiger partial charge in [-0.1, -0.05) is 12.2 Å². The van der Waals surface area contributed by atoms with E-state index in [4.69, 9.17) is 4.74 Å². The molecule has 3 unspecified atom stereocenters. The van der Waals surface area contributed by atoms with Crippen LogP contribution in [-0.2, 0) is 23.9 Å². The molecule has 3 saturated heterocycles. The van der Waals surface area contributed by atoms with Gasteiger partial charge in [0.05, 0.1) is 5.92 Å². The van der Waals surface area contributed by atoms with E-state index in [9.17, 15) is 24.0 Å². The van der Waals surface area contributed by atoms with Crippen molar-refractivity contribution in [3.63, 3.8) is 0 Å². The maximum absolute atomic E-state index is 13.6. The van der Waals surface area contributed by atoms with Crippen LogP contribution in [0.3, 0.4) is 0 Å². The van der Waals surface area contributed by atoms with E-state index < -0.39 is 52.7 Å². The fraction of sp³-hybridized carbons (Fsp3) is 0.591. The Morgan fingerprint density at radius 1 is 1.16 bits per heavy atom. The Balaban J connectivity index is 1.78. The number of fused-ring (bicyclic) bond motifs is 1. The largest absolute Gasteiger partial charge is 0.436 e. The van der Waals surface area contributed by atoms with Crippen molar-refractivity contribution in [1.82, 2.24) is 20.4 Å². The lowest BCUT2D eigenvalue weighted by Crippen LogP contribution is -2.60. The summed E-state index contributed by atoms with van der Waals surface area (Å²) in [6.07, 6.45) is 4.12. The number of hydrogen-bond acceptors (Lipinski definition) is 7. The highest BCUT2D eigenvalue weighted by molar-refractivity contribution is 6.17. The van der Waals surface area contributed by atoms with Gasteiger partial charge in [-0.2, -0.15) is 0 Å². The first-order chi connectivity index (χ1) is 15.1. The molecule has 0 aromatic heterocycles. The molecule has 5 amide bonds. The normalized spacial score (nSPS) is 30.8. The van der Waals surface area contributed by atoms with E-state index in [1.54, 1.807) is 32.9 Å². The van der Waals surface area contributed by atoms with E-state index in [1.807, 2.05) is 0 Å². The quantitative estimate of drug-likeness (QED) is 0.579. The van der Waals surface area contributed by atoms with Crippen molar-refractivity contribution in [2.75, 3.05) is 26.2 Å². The highest BCUT2D eigenvalue weighted by Crippen LogP contribution is 2.48. The fourth-order valence-corrected chi connectivity index (χ4v) is 4.92. The van der Waals surface area contributed by atoms with E-state index in [2.05, 4.69) is 10.6 Å². The van der Waals surface area contributed by atoms with E-state index in [1.165, 1.54) is 11.0 Å². The molecule has 3 aliphatic heterocycles. The number of nitrogens with zero attached hydrogens (tertiary/aromatic N) is 2. The lowest BCUT2D eigenvalue weighted by molar-refractivity contribution is -0.151. The molecule has 4 rings (SSSR count). The molecule has 0 spiro atoms. The molecule has 3 atom stereocenters. The number of allylic oxidation sites excluding steroid dienone is 2. The number of rotatable bonds is 2. The lowest BCUT2D eigenvalue weighted by Gasteiger charge is -2.44. The van der Waals surface area contributed by atoms with Crippen molar-refractivity contribution < 1.29 is 28.7 Å². The highest BCUT2D eigenvalue weighted by Gasteiger charge is 2.63. The molecule has 3 fully saturated rings. The molecule has 32 heavy (non-hydrogen) atoms. The first kappa shape index (κ1) is 22.2. The number of piperazine rings is 1. The molecule has 0 bridgehead atoms. The average molecular weight is 444 g/mol. The zero-order valence-corrected chi connectivity index (χ0v) is 18.5. The topological polar surface area (TPSA) is 125 Å². The number of hydrogen-bond donors (Lipinski definition) is 2. The van der Waals surface area contributed by atoms with Gasteiger partial charge in [0.2, 0.25) is 17.7 Å². The molecule has 0 aromatic carbocycles. The third-order valence-electron chi connectivity index (χ3n) is 6.41. The van der Waals surface area contributed by atoms with Gasteiger partial charge >= 0.3 is 6.09 Å². The molecule has 3 heterocycles. The van der Waals surface area contributed by atoms with Crippen molar-refractivity contribution in [3.8, 4) is 0 Å².